The third-order valence-corrected chi connectivity index (χ3v) is 2.30. The van der Waals surface area contributed by atoms with Crippen LogP contribution < -0.4 is 10.5 Å². The first-order valence-corrected chi connectivity index (χ1v) is 4.83. The first kappa shape index (κ1) is 10.6. The van der Waals surface area contributed by atoms with Crippen LogP contribution in [0.5, 0.6) is 5.75 Å². The molecule has 0 aliphatic heterocycles. The standard InChI is InChI=1S/C11H12FN3O/c1-16-10-4-2-3-9(5-10)15-11(12)8(6-13)7-14-15/h2-5,7H,6,13H2,1H3. The quantitative estimate of drug-likeness (QED) is 0.854. The highest BCUT2D eigenvalue weighted by molar-refractivity contribution is 5.39. The zero-order valence-corrected chi connectivity index (χ0v) is 8.85. The van der Waals surface area contributed by atoms with Gasteiger partial charge in [0.1, 0.15) is 5.75 Å². The van der Waals surface area contributed by atoms with Gasteiger partial charge in [-0.15, -0.1) is 0 Å². The minimum absolute atomic E-state index is 0.135. The molecule has 84 valence electrons. The molecule has 0 aliphatic carbocycles. The van der Waals surface area contributed by atoms with Gasteiger partial charge in [0.15, 0.2) is 0 Å². The van der Waals surface area contributed by atoms with Gasteiger partial charge < -0.3 is 10.5 Å². The lowest BCUT2D eigenvalue weighted by Crippen LogP contribution is -2.03. The molecule has 0 bridgehead atoms. The number of nitrogens with two attached hydrogens (primary N) is 1. The number of nitrogens with zero attached hydrogens (tertiary/aromatic N) is 2. The van der Waals surface area contributed by atoms with Crippen LogP contribution in [0.4, 0.5) is 4.39 Å². The van der Waals surface area contributed by atoms with Crippen LogP contribution in [0.2, 0.25) is 0 Å². The van der Waals surface area contributed by atoms with Crippen molar-refractivity contribution >= 4 is 0 Å². The first-order valence-electron chi connectivity index (χ1n) is 4.83. The zero-order valence-electron chi connectivity index (χ0n) is 8.85. The average Bonchev–Trinajstić information content (AvgIpc) is 2.70. The normalized spacial score (nSPS) is 10.4. The Balaban J connectivity index is 2.45. The fourth-order valence-electron chi connectivity index (χ4n) is 1.43. The van der Waals surface area contributed by atoms with E-state index in [1.807, 2.05) is 0 Å². The smallest absolute Gasteiger partial charge is 0.220 e. The van der Waals surface area contributed by atoms with E-state index in [0.29, 0.717) is 17.0 Å². The molecule has 1 aromatic heterocycles. The summed E-state index contributed by atoms with van der Waals surface area (Å²) >= 11 is 0. The minimum Gasteiger partial charge on any atom is -0.497 e. The van der Waals surface area contributed by atoms with Gasteiger partial charge in [-0.25, -0.2) is 4.68 Å². The molecule has 1 heterocycles. The first-order chi connectivity index (χ1) is 7.76. The number of benzene rings is 1. The topological polar surface area (TPSA) is 53.1 Å². The summed E-state index contributed by atoms with van der Waals surface area (Å²) < 4.78 is 20.0. The molecular weight excluding hydrogens is 209 g/mol. The summed E-state index contributed by atoms with van der Waals surface area (Å²) in [5, 5.41) is 3.94. The molecule has 0 spiro atoms. The highest BCUT2D eigenvalue weighted by atomic mass is 19.1. The molecule has 5 heteroatoms. The summed E-state index contributed by atoms with van der Waals surface area (Å²) in [5.41, 5.74) is 6.38. The summed E-state index contributed by atoms with van der Waals surface area (Å²) in [6.45, 7) is 0.135. The lowest BCUT2D eigenvalue weighted by Gasteiger charge is -2.05. The fraction of sp³-hybridized carbons (Fsp3) is 0.182. The Hall–Kier alpha value is -1.88. The number of aromatic nitrogens is 2. The van der Waals surface area contributed by atoms with Crippen LogP contribution in [0, 0.1) is 5.95 Å². The molecule has 0 saturated heterocycles. The number of hydrogen-bond donors (Lipinski definition) is 1. The van der Waals surface area contributed by atoms with E-state index in [0.717, 1.165) is 0 Å². The van der Waals surface area contributed by atoms with Gasteiger partial charge in [-0.3, -0.25) is 0 Å². The van der Waals surface area contributed by atoms with Crippen molar-refractivity contribution < 1.29 is 9.13 Å². The van der Waals surface area contributed by atoms with Gasteiger partial charge in [0.05, 0.1) is 19.0 Å². The molecule has 0 aliphatic rings. The fourth-order valence-corrected chi connectivity index (χ4v) is 1.43. The van der Waals surface area contributed by atoms with Gasteiger partial charge in [0.25, 0.3) is 0 Å². The Morgan fingerprint density at radius 2 is 2.31 bits per heavy atom. The van der Waals surface area contributed by atoms with Gasteiger partial charge >= 0.3 is 0 Å². The second-order valence-electron chi connectivity index (χ2n) is 3.28. The number of halogens is 1. The van der Waals surface area contributed by atoms with E-state index in [2.05, 4.69) is 5.10 Å². The van der Waals surface area contributed by atoms with Gasteiger partial charge in [0, 0.05) is 18.2 Å². The van der Waals surface area contributed by atoms with Crippen LogP contribution in [0.3, 0.4) is 0 Å². The molecule has 0 unspecified atom stereocenters. The van der Waals surface area contributed by atoms with Gasteiger partial charge in [0.2, 0.25) is 5.95 Å². The summed E-state index contributed by atoms with van der Waals surface area (Å²) in [6.07, 6.45) is 1.43. The SMILES string of the molecule is COc1cccc(-n2ncc(CN)c2F)c1. The highest BCUT2D eigenvalue weighted by Gasteiger charge is 2.10. The lowest BCUT2D eigenvalue weighted by atomic mass is 10.3. The maximum Gasteiger partial charge on any atom is 0.220 e. The zero-order chi connectivity index (χ0) is 11.5. The largest absolute Gasteiger partial charge is 0.497 e. The number of hydrogen-bond acceptors (Lipinski definition) is 3. The third-order valence-electron chi connectivity index (χ3n) is 2.30. The number of methoxy groups -OCH3 is 1. The van der Waals surface area contributed by atoms with Crippen LogP contribution in [-0.4, -0.2) is 16.9 Å². The number of ether oxygens (including phenoxy) is 1. The molecule has 0 radical (unpaired) electrons. The van der Waals surface area contributed by atoms with Gasteiger partial charge in [-0.05, 0) is 12.1 Å². The molecule has 0 amide bonds. The molecule has 0 saturated carbocycles. The summed E-state index contributed by atoms with van der Waals surface area (Å²) in [5.74, 6) is 0.220. The second kappa shape index (κ2) is 4.32. The van der Waals surface area contributed by atoms with Crippen LogP contribution in [-0.2, 0) is 6.54 Å². The molecule has 2 rings (SSSR count). The monoisotopic (exact) mass is 221 g/mol. The van der Waals surface area contributed by atoms with Crippen LogP contribution in [0.25, 0.3) is 5.69 Å². The summed E-state index contributed by atoms with van der Waals surface area (Å²) in [7, 11) is 1.56. The Labute approximate surface area is 92.4 Å². The molecule has 0 atom stereocenters. The van der Waals surface area contributed by atoms with Crippen molar-refractivity contribution in [2.45, 2.75) is 6.54 Å². The average molecular weight is 221 g/mol. The number of rotatable bonds is 3. The van der Waals surface area contributed by atoms with Crippen molar-refractivity contribution in [1.82, 2.24) is 9.78 Å². The maximum atomic E-state index is 13.7. The Kier molecular flexibility index (Phi) is 2.87. The minimum atomic E-state index is -0.434. The lowest BCUT2D eigenvalue weighted by molar-refractivity contribution is 0.414. The molecule has 4 nitrogen and oxygen atoms in total. The van der Waals surface area contributed by atoms with E-state index in [-0.39, 0.29) is 6.54 Å². The van der Waals surface area contributed by atoms with E-state index in [1.54, 1.807) is 31.4 Å². The van der Waals surface area contributed by atoms with Crippen molar-refractivity contribution in [3.8, 4) is 11.4 Å². The Morgan fingerprint density at radius 1 is 1.50 bits per heavy atom. The molecule has 2 N–H and O–H groups in total. The van der Waals surface area contributed by atoms with Crippen LogP contribution in [0.1, 0.15) is 5.56 Å². The van der Waals surface area contributed by atoms with Crippen LogP contribution >= 0.6 is 0 Å². The van der Waals surface area contributed by atoms with E-state index < -0.39 is 5.95 Å². The molecule has 2 aromatic rings. The second-order valence-corrected chi connectivity index (χ2v) is 3.28. The molecular formula is C11H12FN3O. The highest BCUT2D eigenvalue weighted by Crippen LogP contribution is 2.18. The van der Waals surface area contributed by atoms with Crippen molar-refractivity contribution in [3.05, 3.63) is 42.0 Å². The summed E-state index contributed by atoms with van der Waals surface area (Å²) in [6, 6.07) is 7.02. The van der Waals surface area contributed by atoms with Crippen LogP contribution in [0.15, 0.2) is 30.5 Å². The van der Waals surface area contributed by atoms with Gasteiger partial charge in [-0.2, -0.15) is 9.49 Å². The van der Waals surface area contributed by atoms with Crippen molar-refractivity contribution in [2.24, 2.45) is 5.73 Å². The maximum absolute atomic E-state index is 13.7. The van der Waals surface area contributed by atoms with E-state index in [4.69, 9.17) is 10.5 Å². The molecule has 1 aromatic carbocycles. The van der Waals surface area contributed by atoms with E-state index in [1.165, 1.54) is 10.9 Å². The Bertz CT molecular complexity index is 496. The third kappa shape index (κ3) is 1.77. The van der Waals surface area contributed by atoms with E-state index in [9.17, 15) is 4.39 Å². The summed E-state index contributed by atoms with van der Waals surface area (Å²) in [4.78, 5) is 0. The predicted octanol–water partition coefficient (Wildman–Crippen LogP) is 1.48. The van der Waals surface area contributed by atoms with Gasteiger partial charge in [-0.1, -0.05) is 6.07 Å². The van der Waals surface area contributed by atoms with Crippen molar-refractivity contribution in [2.75, 3.05) is 7.11 Å². The predicted molar refractivity (Wildman–Crippen MR) is 58.0 cm³/mol. The molecule has 16 heavy (non-hydrogen) atoms. The molecule has 0 fully saturated rings. The van der Waals surface area contributed by atoms with Crippen molar-refractivity contribution in [1.29, 1.82) is 0 Å². The van der Waals surface area contributed by atoms with Crippen molar-refractivity contribution in [3.63, 3.8) is 0 Å². The van der Waals surface area contributed by atoms with E-state index >= 15 is 0 Å². The Morgan fingerprint density at radius 3 is 2.94 bits per heavy atom.